The SMILES string of the molecule is COc1c(Cl)cc(Cl)cc1[C@@H](c1nnnn1-c1cccc(C)c1)[NH+]1CCCCC1. The molecule has 1 fully saturated rings. The molecule has 0 unspecified atom stereocenters. The summed E-state index contributed by atoms with van der Waals surface area (Å²) in [6.45, 7) is 4.11. The molecule has 1 aliphatic heterocycles. The molecule has 8 heteroatoms. The van der Waals surface area contributed by atoms with Gasteiger partial charge in [-0.2, -0.15) is 4.68 Å². The molecule has 1 aromatic heterocycles. The fraction of sp³-hybridized carbons (Fsp3) is 0.381. The Morgan fingerprint density at radius 1 is 1.10 bits per heavy atom. The lowest BCUT2D eigenvalue weighted by Gasteiger charge is -2.32. The zero-order chi connectivity index (χ0) is 20.4. The normalized spacial score (nSPS) is 16.0. The van der Waals surface area contributed by atoms with Gasteiger partial charge in [0.05, 0.1) is 36.5 Å². The standard InChI is InChI=1S/C21H23Cl2N5O/c1-14-7-6-8-16(11-14)28-21(24-25-26-28)19(27-9-4-3-5-10-27)17-12-15(22)13-18(23)20(17)29-2/h6-8,11-13,19H,3-5,9-10H2,1-2H3/p+1/t19-/m0/s1. The van der Waals surface area contributed by atoms with Gasteiger partial charge in [0.25, 0.3) is 0 Å². The van der Waals surface area contributed by atoms with Gasteiger partial charge in [-0.1, -0.05) is 35.3 Å². The summed E-state index contributed by atoms with van der Waals surface area (Å²) in [7, 11) is 1.63. The maximum absolute atomic E-state index is 6.48. The Balaban J connectivity index is 1.89. The third-order valence-corrected chi connectivity index (χ3v) is 5.95. The number of rotatable bonds is 5. The lowest BCUT2D eigenvalue weighted by atomic mass is 9.99. The molecule has 4 rings (SSSR count). The molecular weight excluding hydrogens is 409 g/mol. The van der Waals surface area contributed by atoms with E-state index in [1.165, 1.54) is 11.3 Å². The molecule has 1 N–H and O–H groups in total. The summed E-state index contributed by atoms with van der Waals surface area (Å²) in [5.41, 5.74) is 2.98. The number of aryl methyl sites for hydroxylation is 1. The van der Waals surface area contributed by atoms with Gasteiger partial charge in [-0.25, -0.2) is 0 Å². The number of halogens is 2. The summed E-state index contributed by atoms with van der Waals surface area (Å²) in [4.78, 5) is 1.39. The molecule has 0 radical (unpaired) electrons. The molecule has 152 valence electrons. The van der Waals surface area contributed by atoms with Crippen LogP contribution in [0, 0.1) is 6.92 Å². The third-order valence-electron chi connectivity index (χ3n) is 5.45. The van der Waals surface area contributed by atoms with Crippen LogP contribution in [0.15, 0.2) is 36.4 Å². The number of hydrogen-bond donors (Lipinski definition) is 1. The molecule has 1 aliphatic rings. The smallest absolute Gasteiger partial charge is 0.219 e. The van der Waals surface area contributed by atoms with Gasteiger partial charge in [-0.15, -0.1) is 5.10 Å². The molecule has 2 heterocycles. The van der Waals surface area contributed by atoms with E-state index in [0.29, 0.717) is 15.8 Å². The van der Waals surface area contributed by atoms with Crippen molar-refractivity contribution in [1.82, 2.24) is 20.2 Å². The van der Waals surface area contributed by atoms with Crippen LogP contribution in [0.5, 0.6) is 5.75 Å². The Morgan fingerprint density at radius 3 is 2.62 bits per heavy atom. The predicted octanol–water partition coefficient (Wildman–Crippen LogP) is 3.44. The maximum atomic E-state index is 6.48. The van der Waals surface area contributed by atoms with Gasteiger partial charge in [-0.3, -0.25) is 0 Å². The van der Waals surface area contributed by atoms with Crippen molar-refractivity contribution in [1.29, 1.82) is 0 Å². The number of methoxy groups -OCH3 is 1. The van der Waals surface area contributed by atoms with E-state index in [2.05, 4.69) is 34.6 Å². The van der Waals surface area contributed by atoms with E-state index in [-0.39, 0.29) is 6.04 Å². The number of tetrazole rings is 1. The van der Waals surface area contributed by atoms with Crippen LogP contribution in [-0.4, -0.2) is 40.4 Å². The molecule has 29 heavy (non-hydrogen) atoms. The van der Waals surface area contributed by atoms with Crippen LogP contribution in [0.1, 0.15) is 42.3 Å². The van der Waals surface area contributed by atoms with Crippen molar-refractivity contribution in [3.8, 4) is 11.4 Å². The summed E-state index contributed by atoms with van der Waals surface area (Å²) < 4.78 is 7.50. The van der Waals surface area contributed by atoms with Gasteiger partial charge in [0.2, 0.25) is 5.82 Å². The van der Waals surface area contributed by atoms with Gasteiger partial charge in [-0.05, 0) is 66.4 Å². The molecule has 0 saturated carbocycles. The first kappa shape index (κ1) is 20.1. The number of benzene rings is 2. The summed E-state index contributed by atoms with van der Waals surface area (Å²) >= 11 is 12.9. The Bertz CT molecular complexity index is 1000. The number of nitrogens with zero attached hydrogens (tertiary/aromatic N) is 4. The summed E-state index contributed by atoms with van der Waals surface area (Å²) in [5, 5.41) is 13.8. The Hall–Kier alpha value is -2.15. The highest BCUT2D eigenvalue weighted by atomic mass is 35.5. The van der Waals surface area contributed by atoms with Crippen molar-refractivity contribution in [3.05, 3.63) is 63.4 Å². The van der Waals surface area contributed by atoms with E-state index in [0.717, 1.165) is 48.6 Å². The predicted molar refractivity (Wildman–Crippen MR) is 113 cm³/mol. The second kappa shape index (κ2) is 8.69. The average molecular weight is 433 g/mol. The average Bonchev–Trinajstić information content (AvgIpc) is 3.18. The van der Waals surface area contributed by atoms with Crippen molar-refractivity contribution < 1.29 is 9.64 Å². The number of piperidine rings is 1. The minimum Gasteiger partial charge on any atom is -0.495 e. The molecule has 0 spiro atoms. The summed E-state index contributed by atoms with van der Waals surface area (Å²) in [5.74, 6) is 1.38. The molecule has 2 aromatic carbocycles. The van der Waals surface area contributed by atoms with E-state index < -0.39 is 0 Å². The monoisotopic (exact) mass is 432 g/mol. The van der Waals surface area contributed by atoms with E-state index in [4.69, 9.17) is 27.9 Å². The fourth-order valence-electron chi connectivity index (χ4n) is 4.16. The van der Waals surface area contributed by atoms with Crippen LogP contribution in [0.4, 0.5) is 0 Å². The zero-order valence-corrected chi connectivity index (χ0v) is 18.0. The van der Waals surface area contributed by atoms with Crippen molar-refractivity contribution in [2.75, 3.05) is 20.2 Å². The van der Waals surface area contributed by atoms with Gasteiger partial charge >= 0.3 is 0 Å². The molecule has 6 nitrogen and oxygen atoms in total. The summed E-state index contributed by atoms with van der Waals surface area (Å²) in [6, 6.07) is 11.6. The quantitative estimate of drug-likeness (QED) is 0.670. The minimum absolute atomic E-state index is 0.142. The Morgan fingerprint density at radius 2 is 1.90 bits per heavy atom. The largest absolute Gasteiger partial charge is 0.495 e. The molecule has 0 aliphatic carbocycles. The Labute approximate surface area is 180 Å². The third kappa shape index (κ3) is 4.10. The zero-order valence-electron chi connectivity index (χ0n) is 16.5. The molecule has 0 bridgehead atoms. The second-order valence-corrected chi connectivity index (χ2v) is 8.29. The van der Waals surface area contributed by atoms with Crippen LogP contribution in [0.3, 0.4) is 0 Å². The van der Waals surface area contributed by atoms with Gasteiger partial charge in [0.15, 0.2) is 6.04 Å². The first-order valence-corrected chi connectivity index (χ1v) is 10.6. The van der Waals surface area contributed by atoms with Crippen LogP contribution in [-0.2, 0) is 0 Å². The highest BCUT2D eigenvalue weighted by Crippen LogP contribution is 2.37. The molecule has 0 amide bonds. The highest BCUT2D eigenvalue weighted by molar-refractivity contribution is 6.35. The second-order valence-electron chi connectivity index (χ2n) is 7.45. The van der Waals surface area contributed by atoms with Crippen molar-refractivity contribution in [3.63, 3.8) is 0 Å². The number of ether oxygens (including phenoxy) is 1. The van der Waals surface area contributed by atoms with Crippen molar-refractivity contribution in [2.45, 2.75) is 32.2 Å². The van der Waals surface area contributed by atoms with E-state index >= 15 is 0 Å². The molecular formula is C21H24Cl2N5O+. The van der Waals surface area contributed by atoms with Gasteiger partial charge in [0.1, 0.15) is 5.75 Å². The fourth-order valence-corrected chi connectivity index (χ4v) is 4.75. The lowest BCUT2D eigenvalue weighted by Crippen LogP contribution is -3.13. The van der Waals surface area contributed by atoms with Crippen LogP contribution < -0.4 is 9.64 Å². The first-order valence-electron chi connectivity index (χ1n) is 9.81. The van der Waals surface area contributed by atoms with Crippen molar-refractivity contribution >= 4 is 23.2 Å². The number of aromatic nitrogens is 4. The summed E-state index contributed by atoms with van der Waals surface area (Å²) in [6.07, 6.45) is 3.56. The topological polar surface area (TPSA) is 57.3 Å². The number of quaternary nitrogens is 1. The molecule has 1 saturated heterocycles. The van der Waals surface area contributed by atoms with E-state index in [1.807, 2.05) is 22.9 Å². The molecule has 1 atom stereocenters. The Kier molecular flexibility index (Phi) is 6.04. The highest BCUT2D eigenvalue weighted by Gasteiger charge is 2.36. The number of likely N-dealkylation sites (tertiary alicyclic amines) is 1. The van der Waals surface area contributed by atoms with Crippen molar-refractivity contribution in [2.24, 2.45) is 0 Å². The maximum Gasteiger partial charge on any atom is 0.219 e. The van der Waals surface area contributed by atoms with Crippen LogP contribution in [0.2, 0.25) is 10.0 Å². The van der Waals surface area contributed by atoms with Crippen LogP contribution >= 0.6 is 23.2 Å². The number of nitrogens with one attached hydrogen (secondary N) is 1. The first-order chi connectivity index (χ1) is 14.1. The van der Waals surface area contributed by atoms with Gasteiger partial charge < -0.3 is 9.64 Å². The molecule has 3 aromatic rings. The lowest BCUT2D eigenvalue weighted by molar-refractivity contribution is -0.931. The van der Waals surface area contributed by atoms with Gasteiger partial charge in [0, 0.05) is 5.02 Å². The minimum atomic E-state index is -0.142. The number of hydrogen-bond acceptors (Lipinski definition) is 4. The van der Waals surface area contributed by atoms with E-state index in [1.54, 1.807) is 13.2 Å². The van der Waals surface area contributed by atoms with E-state index in [9.17, 15) is 0 Å². The van der Waals surface area contributed by atoms with Crippen LogP contribution in [0.25, 0.3) is 5.69 Å².